The Morgan fingerprint density at radius 1 is 1.41 bits per heavy atom. The number of H-pyrrole nitrogens is 1. The van der Waals surface area contributed by atoms with E-state index in [1.54, 1.807) is 0 Å². The van der Waals surface area contributed by atoms with Gasteiger partial charge in [0, 0.05) is 18.8 Å². The number of hydrogen-bond acceptors (Lipinski definition) is 3. The van der Waals surface area contributed by atoms with Crippen LogP contribution in [0.5, 0.6) is 0 Å². The SMILES string of the molecule is CC(C)Cc1cc(C(=O)NCC2(CCO)CCCCC2)n[nH]1. The van der Waals surface area contributed by atoms with Crippen LogP contribution in [0.15, 0.2) is 6.07 Å². The first-order valence-corrected chi connectivity index (χ1v) is 8.48. The van der Waals surface area contributed by atoms with Crippen LogP contribution in [0.25, 0.3) is 0 Å². The summed E-state index contributed by atoms with van der Waals surface area (Å²) in [5.74, 6) is 0.417. The predicted octanol–water partition coefficient (Wildman–Crippen LogP) is 2.67. The Labute approximate surface area is 132 Å². The number of nitrogens with one attached hydrogen (secondary N) is 2. The van der Waals surface area contributed by atoms with Crippen LogP contribution < -0.4 is 5.32 Å². The van der Waals surface area contributed by atoms with Gasteiger partial charge in [-0.1, -0.05) is 33.1 Å². The number of carbonyl (C=O) groups is 1. The second-order valence-electron chi connectivity index (χ2n) is 7.09. The molecular formula is C17H29N3O2. The van der Waals surface area contributed by atoms with Gasteiger partial charge in [-0.05, 0) is 43.1 Å². The second kappa shape index (κ2) is 7.77. The lowest BCUT2D eigenvalue weighted by Gasteiger charge is -2.37. The van der Waals surface area contributed by atoms with Crippen molar-refractivity contribution < 1.29 is 9.90 Å². The number of aromatic nitrogens is 2. The molecule has 124 valence electrons. The van der Waals surface area contributed by atoms with Gasteiger partial charge < -0.3 is 10.4 Å². The molecule has 0 saturated heterocycles. The molecule has 1 saturated carbocycles. The molecule has 1 aromatic rings. The first-order chi connectivity index (χ1) is 10.5. The Morgan fingerprint density at radius 2 is 2.14 bits per heavy atom. The molecule has 1 fully saturated rings. The molecule has 0 radical (unpaired) electrons. The van der Waals surface area contributed by atoms with Crippen LogP contribution in [0, 0.1) is 11.3 Å². The van der Waals surface area contributed by atoms with E-state index in [2.05, 4.69) is 29.4 Å². The second-order valence-corrected chi connectivity index (χ2v) is 7.09. The smallest absolute Gasteiger partial charge is 0.271 e. The zero-order valence-corrected chi connectivity index (χ0v) is 13.8. The van der Waals surface area contributed by atoms with Crippen molar-refractivity contribution in [2.24, 2.45) is 11.3 Å². The Balaban J connectivity index is 1.91. The van der Waals surface area contributed by atoms with E-state index in [1.165, 1.54) is 19.3 Å². The molecule has 1 amide bonds. The molecule has 2 rings (SSSR count). The third-order valence-corrected chi connectivity index (χ3v) is 4.67. The van der Waals surface area contributed by atoms with Gasteiger partial charge in [-0.3, -0.25) is 9.89 Å². The van der Waals surface area contributed by atoms with Gasteiger partial charge in [0.15, 0.2) is 0 Å². The van der Waals surface area contributed by atoms with E-state index >= 15 is 0 Å². The fourth-order valence-corrected chi connectivity index (χ4v) is 3.43. The maximum atomic E-state index is 12.3. The maximum absolute atomic E-state index is 12.3. The number of rotatable bonds is 7. The summed E-state index contributed by atoms with van der Waals surface area (Å²) < 4.78 is 0. The fourth-order valence-electron chi connectivity index (χ4n) is 3.43. The van der Waals surface area contributed by atoms with E-state index in [0.29, 0.717) is 18.2 Å². The molecule has 0 bridgehead atoms. The summed E-state index contributed by atoms with van der Waals surface area (Å²) >= 11 is 0. The summed E-state index contributed by atoms with van der Waals surface area (Å²) in [5, 5.41) is 19.4. The normalized spacial score (nSPS) is 17.6. The standard InChI is InChI=1S/C17H29N3O2/c1-13(2)10-14-11-15(20-19-14)16(22)18-12-17(8-9-21)6-4-3-5-7-17/h11,13,21H,3-10,12H2,1-2H3,(H,18,22)(H,19,20). The minimum atomic E-state index is -0.117. The number of aromatic amines is 1. The summed E-state index contributed by atoms with van der Waals surface area (Å²) in [7, 11) is 0. The molecule has 22 heavy (non-hydrogen) atoms. The van der Waals surface area contributed by atoms with E-state index in [-0.39, 0.29) is 17.9 Å². The summed E-state index contributed by atoms with van der Waals surface area (Å²) in [6.45, 7) is 5.11. The number of carbonyl (C=O) groups excluding carboxylic acids is 1. The zero-order chi connectivity index (χ0) is 16.0. The molecule has 0 unspecified atom stereocenters. The molecule has 0 aromatic carbocycles. The molecule has 1 aliphatic carbocycles. The first kappa shape index (κ1) is 17.0. The van der Waals surface area contributed by atoms with Crippen LogP contribution in [-0.2, 0) is 6.42 Å². The monoisotopic (exact) mass is 307 g/mol. The van der Waals surface area contributed by atoms with Gasteiger partial charge in [0.25, 0.3) is 5.91 Å². The number of amides is 1. The van der Waals surface area contributed by atoms with Crippen LogP contribution in [-0.4, -0.2) is 34.4 Å². The average Bonchev–Trinajstić information content (AvgIpc) is 2.94. The van der Waals surface area contributed by atoms with E-state index in [9.17, 15) is 9.90 Å². The van der Waals surface area contributed by atoms with Crippen molar-refractivity contribution in [1.29, 1.82) is 0 Å². The van der Waals surface area contributed by atoms with E-state index in [0.717, 1.165) is 31.4 Å². The van der Waals surface area contributed by atoms with E-state index in [4.69, 9.17) is 0 Å². The van der Waals surface area contributed by atoms with E-state index < -0.39 is 0 Å². The van der Waals surface area contributed by atoms with Crippen LogP contribution in [0.4, 0.5) is 0 Å². The molecule has 1 aromatic heterocycles. The Hall–Kier alpha value is -1.36. The van der Waals surface area contributed by atoms with Gasteiger partial charge in [0.05, 0.1) is 0 Å². The molecule has 1 aliphatic rings. The highest BCUT2D eigenvalue weighted by Gasteiger charge is 2.32. The van der Waals surface area contributed by atoms with E-state index in [1.807, 2.05) is 6.07 Å². The molecule has 3 N–H and O–H groups in total. The van der Waals surface area contributed by atoms with Crippen LogP contribution in [0.2, 0.25) is 0 Å². The third-order valence-electron chi connectivity index (χ3n) is 4.67. The van der Waals surface area contributed by atoms with Crippen LogP contribution >= 0.6 is 0 Å². The van der Waals surface area contributed by atoms with Crippen molar-refractivity contribution in [2.45, 2.75) is 58.8 Å². The number of aliphatic hydroxyl groups is 1. The molecule has 5 heteroatoms. The highest BCUT2D eigenvalue weighted by atomic mass is 16.3. The highest BCUT2D eigenvalue weighted by Crippen LogP contribution is 2.38. The lowest BCUT2D eigenvalue weighted by Crippen LogP contribution is -2.39. The molecule has 5 nitrogen and oxygen atoms in total. The van der Waals surface area contributed by atoms with Gasteiger partial charge in [-0.25, -0.2) is 0 Å². The summed E-state index contributed by atoms with van der Waals surface area (Å²) in [4.78, 5) is 12.3. The highest BCUT2D eigenvalue weighted by molar-refractivity contribution is 5.92. The topological polar surface area (TPSA) is 78.0 Å². The van der Waals surface area contributed by atoms with Crippen molar-refractivity contribution in [2.75, 3.05) is 13.2 Å². The van der Waals surface area contributed by atoms with Crippen LogP contribution in [0.1, 0.15) is 68.6 Å². The molecule has 0 aliphatic heterocycles. The quantitative estimate of drug-likeness (QED) is 0.724. The fraction of sp³-hybridized carbons (Fsp3) is 0.765. The minimum absolute atomic E-state index is 0.0692. The summed E-state index contributed by atoms with van der Waals surface area (Å²) in [5.41, 5.74) is 1.54. The summed E-state index contributed by atoms with van der Waals surface area (Å²) in [6, 6.07) is 1.84. The molecule has 0 spiro atoms. The van der Waals surface area contributed by atoms with Gasteiger partial charge in [-0.15, -0.1) is 0 Å². The van der Waals surface area contributed by atoms with Gasteiger partial charge in [0.1, 0.15) is 5.69 Å². The van der Waals surface area contributed by atoms with Crippen LogP contribution in [0.3, 0.4) is 0 Å². The van der Waals surface area contributed by atoms with Crippen molar-refractivity contribution in [3.63, 3.8) is 0 Å². The largest absolute Gasteiger partial charge is 0.396 e. The molecule has 0 atom stereocenters. The number of hydrogen-bond donors (Lipinski definition) is 3. The van der Waals surface area contributed by atoms with Gasteiger partial charge in [0.2, 0.25) is 0 Å². The van der Waals surface area contributed by atoms with Gasteiger partial charge in [-0.2, -0.15) is 5.10 Å². The Kier molecular flexibility index (Phi) is 6.00. The third kappa shape index (κ3) is 4.57. The zero-order valence-electron chi connectivity index (χ0n) is 13.8. The Bertz CT molecular complexity index is 470. The summed E-state index contributed by atoms with van der Waals surface area (Å²) in [6.07, 6.45) is 7.49. The lowest BCUT2D eigenvalue weighted by molar-refractivity contribution is 0.0864. The number of nitrogens with zero attached hydrogens (tertiary/aromatic N) is 1. The van der Waals surface area contributed by atoms with Crippen molar-refractivity contribution in [3.8, 4) is 0 Å². The van der Waals surface area contributed by atoms with Crippen molar-refractivity contribution in [1.82, 2.24) is 15.5 Å². The average molecular weight is 307 g/mol. The van der Waals surface area contributed by atoms with Crippen molar-refractivity contribution in [3.05, 3.63) is 17.5 Å². The first-order valence-electron chi connectivity index (χ1n) is 8.48. The minimum Gasteiger partial charge on any atom is -0.396 e. The molecular weight excluding hydrogens is 278 g/mol. The van der Waals surface area contributed by atoms with Crippen molar-refractivity contribution >= 4 is 5.91 Å². The Morgan fingerprint density at radius 3 is 2.77 bits per heavy atom. The lowest BCUT2D eigenvalue weighted by atomic mass is 9.72. The molecule has 1 heterocycles. The van der Waals surface area contributed by atoms with Gasteiger partial charge >= 0.3 is 0 Å². The number of aliphatic hydroxyl groups excluding tert-OH is 1. The maximum Gasteiger partial charge on any atom is 0.271 e. The predicted molar refractivity (Wildman–Crippen MR) is 86.7 cm³/mol.